The van der Waals surface area contributed by atoms with Crippen LogP contribution in [0.4, 0.5) is 0 Å². The molecule has 1 aliphatic carbocycles. The first kappa shape index (κ1) is 19.2. The highest BCUT2D eigenvalue weighted by Crippen LogP contribution is 2.48. The van der Waals surface area contributed by atoms with Gasteiger partial charge < -0.3 is 10.2 Å². The number of nitrogens with one attached hydrogen (secondary N) is 1. The topological polar surface area (TPSA) is 73.2 Å². The first-order valence-electron chi connectivity index (χ1n) is 10.3. The molecule has 2 amide bonds. The van der Waals surface area contributed by atoms with Crippen LogP contribution < -0.4 is 5.32 Å². The van der Waals surface area contributed by atoms with Gasteiger partial charge in [0.05, 0.1) is 11.6 Å². The molecule has 2 unspecified atom stereocenters. The summed E-state index contributed by atoms with van der Waals surface area (Å²) < 4.78 is 0. The van der Waals surface area contributed by atoms with E-state index in [4.69, 9.17) is 5.26 Å². The first-order chi connectivity index (χ1) is 14.2. The minimum absolute atomic E-state index is 0.114. The molecule has 0 spiro atoms. The fraction of sp³-hybridized carbons (Fsp3) is 0.375. The summed E-state index contributed by atoms with van der Waals surface area (Å²) in [6.07, 6.45) is 2.80. The Balaban J connectivity index is 1.21. The third kappa shape index (κ3) is 4.48. The van der Waals surface area contributed by atoms with Crippen LogP contribution >= 0.6 is 0 Å². The van der Waals surface area contributed by atoms with Gasteiger partial charge in [0.25, 0.3) is 5.91 Å². The van der Waals surface area contributed by atoms with Gasteiger partial charge in [0.2, 0.25) is 5.91 Å². The Bertz CT molecular complexity index is 909. The third-order valence-corrected chi connectivity index (χ3v) is 6.09. The van der Waals surface area contributed by atoms with Gasteiger partial charge in [-0.3, -0.25) is 9.59 Å². The minimum atomic E-state index is -0.114. The van der Waals surface area contributed by atoms with Gasteiger partial charge in [0.15, 0.2) is 0 Å². The van der Waals surface area contributed by atoms with Crippen LogP contribution in [0, 0.1) is 23.2 Å². The highest BCUT2D eigenvalue weighted by molar-refractivity contribution is 5.94. The van der Waals surface area contributed by atoms with Crippen molar-refractivity contribution in [2.24, 2.45) is 11.8 Å². The van der Waals surface area contributed by atoms with Gasteiger partial charge in [-0.05, 0) is 60.9 Å². The van der Waals surface area contributed by atoms with Crippen molar-refractivity contribution in [1.82, 2.24) is 10.2 Å². The minimum Gasteiger partial charge on any atom is -0.352 e. The van der Waals surface area contributed by atoms with Crippen LogP contribution in [0.1, 0.15) is 46.7 Å². The molecule has 2 atom stereocenters. The summed E-state index contributed by atoms with van der Waals surface area (Å²) in [4.78, 5) is 27.1. The van der Waals surface area contributed by atoms with E-state index in [0.717, 1.165) is 32.4 Å². The van der Waals surface area contributed by atoms with Crippen LogP contribution in [0.25, 0.3) is 0 Å². The number of amides is 2. The summed E-state index contributed by atoms with van der Waals surface area (Å²) in [7, 11) is 0. The maximum Gasteiger partial charge on any atom is 0.251 e. The summed E-state index contributed by atoms with van der Waals surface area (Å²) in [5.41, 5.74) is 2.38. The van der Waals surface area contributed by atoms with E-state index < -0.39 is 0 Å². The number of likely N-dealkylation sites (tertiary alicyclic amines) is 1. The lowest BCUT2D eigenvalue weighted by Crippen LogP contribution is -2.42. The largest absolute Gasteiger partial charge is 0.352 e. The molecule has 4 rings (SSSR count). The molecule has 1 N–H and O–H groups in total. The van der Waals surface area contributed by atoms with Gasteiger partial charge in [0.1, 0.15) is 0 Å². The predicted octanol–water partition coefficient (Wildman–Crippen LogP) is 3.33. The Labute approximate surface area is 171 Å². The van der Waals surface area contributed by atoms with Crippen LogP contribution in [0.2, 0.25) is 0 Å². The average Bonchev–Trinajstić information content (AvgIpc) is 3.59. The summed E-state index contributed by atoms with van der Waals surface area (Å²) in [6, 6.07) is 19.0. The molecule has 2 aliphatic rings. The molecule has 0 aromatic heterocycles. The number of nitrogens with zero attached hydrogens (tertiary/aromatic N) is 2. The molecule has 0 radical (unpaired) electrons. The van der Waals surface area contributed by atoms with Crippen molar-refractivity contribution < 1.29 is 9.59 Å². The summed E-state index contributed by atoms with van der Waals surface area (Å²) in [5, 5.41) is 11.8. The molecule has 1 saturated heterocycles. The van der Waals surface area contributed by atoms with E-state index in [-0.39, 0.29) is 11.8 Å². The van der Waals surface area contributed by atoms with E-state index in [2.05, 4.69) is 23.5 Å². The number of hydrogen-bond acceptors (Lipinski definition) is 3. The molecule has 1 heterocycles. The Morgan fingerprint density at radius 3 is 2.38 bits per heavy atom. The number of hydrogen-bond donors (Lipinski definition) is 1. The Morgan fingerprint density at radius 1 is 1.03 bits per heavy atom. The number of piperidine rings is 1. The Kier molecular flexibility index (Phi) is 5.62. The van der Waals surface area contributed by atoms with Crippen LogP contribution in [0.5, 0.6) is 0 Å². The lowest BCUT2D eigenvalue weighted by atomic mass is 9.96. The van der Waals surface area contributed by atoms with Crippen LogP contribution in [0.15, 0.2) is 54.6 Å². The lowest BCUT2D eigenvalue weighted by Gasteiger charge is -2.32. The number of carbonyl (C=O) groups excluding carboxylic acids is 2. The SMILES string of the molecule is N#Cc1ccc(C(=O)NCC2CCN(C(=O)C3CC3c3ccccc3)CC2)cc1. The summed E-state index contributed by atoms with van der Waals surface area (Å²) in [5.74, 6) is 1.10. The first-order valence-corrected chi connectivity index (χ1v) is 10.3. The zero-order valence-corrected chi connectivity index (χ0v) is 16.4. The quantitative estimate of drug-likeness (QED) is 0.855. The van der Waals surface area contributed by atoms with E-state index >= 15 is 0 Å². The van der Waals surface area contributed by atoms with Gasteiger partial charge in [-0.1, -0.05) is 30.3 Å². The third-order valence-electron chi connectivity index (χ3n) is 6.09. The average molecular weight is 387 g/mol. The van der Waals surface area contributed by atoms with Gasteiger partial charge >= 0.3 is 0 Å². The van der Waals surface area contributed by atoms with E-state index in [9.17, 15) is 9.59 Å². The van der Waals surface area contributed by atoms with Crippen molar-refractivity contribution in [2.45, 2.75) is 25.2 Å². The van der Waals surface area contributed by atoms with Gasteiger partial charge in [-0.15, -0.1) is 0 Å². The smallest absolute Gasteiger partial charge is 0.251 e. The molecule has 5 heteroatoms. The van der Waals surface area contributed by atoms with Crippen molar-refractivity contribution in [3.63, 3.8) is 0 Å². The van der Waals surface area contributed by atoms with Gasteiger partial charge in [-0.25, -0.2) is 0 Å². The number of nitriles is 1. The zero-order chi connectivity index (χ0) is 20.2. The van der Waals surface area contributed by atoms with Crippen molar-refractivity contribution in [3.05, 3.63) is 71.3 Å². The fourth-order valence-electron chi connectivity index (χ4n) is 4.16. The molecule has 5 nitrogen and oxygen atoms in total. The highest BCUT2D eigenvalue weighted by Gasteiger charge is 2.46. The summed E-state index contributed by atoms with van der Waals surface area (Å²) >= 11 is 0. The second-order valence-corrected chi connectivity index (χ2v) is 8.03. The molecular formula is C24H25N3O2. The molecular weight excluding hydrogens is 362 g/mol. The van der Waals surface area contributed by atoms with Crippen LogP contribution in [-0.4, -0.2) is 36.3 Å². The zero-order valence-electron chi connectivity index (χ0n) is 16.4. The normalized spacial score (nSPS) is 21.3. The highest BCUT2D eigenvalue weighted by atomic mass is 16.2. The monoisotopic (exact) mass is 387 g/mol. The molecule has 148 valence electrons. The van der Waals surface area contributed by atoms with E-state index in [1.54, 1.807) is 24.3 Å². The summed E-state index contributed by atoms with van der Waals surface area (Å²) in [6.45, 7) is 2.17. The number of rotatable bonds is 5. The van der Waals surface area contributed by atoms with Crippen molar-refractivity contribution in [3.8, 4) is 6.07 Å². The van der Waals surface area contributed by atoms with Gasteiger partial charge in [-0.2, -0.15) is 5.26 Å². The van der Waals surface area contributed by atoms with Crippen molar-refractivity contribution in [1.29, 1.82) is 5.26 Å². The number of carbonyl (C=O) groups is 2. The molecule has 2 aromatic rings. The second kappa shape index (κ2) is 8.48. The predicted molar refractivity (Wildman–Crippen MR) is 110 cm³/mol. The van der Waals surface area contributed by atoms with Gasteiger partial charge in [0, 0.05) is 31.1 Å². The van der Waals surface area contributed by atoms with Crippen molar-refractivity contribution >= 4 is 11.8 Å². The van der Waals surface area contributed by atoms with Crippen LogP contribution in [-0.2, 0) is 4.79 Å². The van der Waals surface area contributed by atoms with Crippen LogP contribution in [0.3, 0.4) is 0 Å². The Hall–Kier alpha value is -3.13. The van der Waals surface area contributed by atoms with E-state index in [1.807, 2.05) is 23.1 Å². The maximum atomic E-state index is 12.8. The van der Waals surface area contributed by atoms with Crippen molar-refractivity contribution in [2.75, 3.05) is 19.6 Å². The number of benzene rings is 2. The fourth-order valence-corrected chi connectivity index (χ4v) is 4.16. The molecule has 2 fully saturated rings. The standard InChI is InChI=1S/C24H25N3O2/c25-15-17-6-8-20(9-7-17)23(28)26-16-18-10-12-27(13-11-18)24(29)22-14-21(22)19-4-2-1-3-5-19/h1-9,18,21-22H,10-14,16H2,(H,26,28). The lowest BCUT2D eigenvalue weighted by molar-refractivity contribution is -0.134. The molecule has 1 saturated carbocycles. The molecule has 2 aromatic carbocycles. The maximum absolute atomic E-state index is 12.8. The molecule has 0 bridgehead atoms. The Morgan fingerprint density at radius 2 is 1.72 bits per heavy atom. The molecule has 1 aliphatic heterocycles. The van der Waals surface area contributed by atoms with E-state index in [1.165, 1.54) is 5.56 Å². The van der Waals surface area contributed by atoms with E-state index in [0.29, 0.717) is 35.4 Å². The molecule has 29 heavy (non-hydrogen) atoms. The second-order valence-electron chi connectivity index (χ2n) is 8.03.